The van der Waals surface area contributed by atoms with Crippen molar-refractivity contribution in [2.45, 2.75) is 25.9 Å². The Balaban J connectivity index is 1.52. The van der Waals surface area contributed by atoms with Crippen LogP contribution >= 0.6 is 0 Å². The van der Waals surface area contributed by atoms with Gasteiger partial charge in [0.25, 0.3) is 5.69 Å². The molecule has 1 aliphatic rings. The molecule has 0 saturated carbocycles. The summed E-state index contributed by atoms with van der Waals surface area (Å²) in [4.78, 5) is 35.5. The predicted octanol–water partition coefficient (Wildman–Crippen LogP) is 3.63. The molecule has 9 nitrogen and oxygen atoms in total. The number of amides is 1. The maximum absolute atomic E-state index is 12.5. The number of carbonyl (C=O) groups excluding carboxylic acids is 2. The molecule has 0 N–H and O–H groups in total. The quantitative estimate of drug-likeness (QED) is 0.281. The second-order valence-electron chi connectivity index (χ2n) is 6.70. The van der Waals surface area contributed by atoms with E-state index in [0.29, 0.717) is 37.4 Å². The zero-order chi connectivity index (χ0) is 21.5. The number of hydrogen-bond acceptors (Lipinski definition) is 7. The van der Waals surface area contributed by atoms with Gasteiger partial charge in [0.15, 0.2) is 0 Å². The number of fused-ring (bicyclic) bond motifs is 1. The molecule has 1 aliphatic heterocycles. The van der Waals surface area contributed by atoms with Crippen LogP contribution in [-0.4, -0.2) is 37.2 Å². The van der Waals surface area contributed by atoms with Crippen LogP contribution in [0.1, 0.15) is 24.0 Å². The first-order valence-electron chi connectivity index (χ1n) is 9.48. The first-order valence-corrected chi connectivity index (χ1v) is 9.48. The Morgan fingerprint density at radius 2 is 2.03 bits per heavy atom. The molecule has 0 radical (unpaired) electrons. The third kappa shape index (κ3) is 5.25. The molecule has 0 saturated heterocycles. The summed E-state index contributed by atoms with van der Waals surface area (Å²) in [5.74, 6) is 0.338. The molecule has 0 bridgehead atoms. The SMILES string of the molecule is COC(=O)CCCOc1cccc(COC(=O)N2CCc3cc([N+](=O)[O-])ccc32)c1. The fourth-order valence-corrected chi connectivity index (χ4v) is 3.15. The van der Waals surface area contributed by atoms with Gasteiger partial charge in [-0.15, -0.1) is 0 Å². The largest absolute Gasteiger partial charge is 0.494 e. The number of ether oxygens (including phenoxy) is 3. The van der Waals surface area contributed by atoms with Gasteiger partial charge in [-0.2, -0.15) is 0 Å². The highest BCUT2D eigenvalue weighted by Gasteiger charge is 2.27. The zero-order valence-corrected chi connectivity index (χ0v) is 16.5. The van der Waals surface area contributed by atoms with Crippen LogP contribution in [0.3, 0.4) is 0 Å². The number of methoxy groups -OCH3 is 1. The van der Waals surface area contributed by atoms with Crippen molar-refractivity contribution >= 4 is 23.4 Å². The number of hydrogen-bond donors (Lipinski definition) is 0. The van der Waals surface area contributed by atoms with E-state index in [9.17, 15) is 19.7 Å². The summed E-state index contributed by atoms with van der Waals surface area (Å²) in [7, 11) is 1.35. The summed E-state index contributed by atoms with van der Waals surface area (Å²) in [6, 6.07) is 11.6. The lowest BCUT2D eigenvalue weighted by atomic mass is 10.1. The lowest BCUT2D eigenvalue weighted by Gasteiger charge is -2.17. The van der Waals surface area contributed by atoms with Crippen molar-refractivity contribution in [1.82, 2.24) is 0 Å². The number of nitro groups is 1. The van der Waals surface area contributed by atoms with Gasteiger partial charge in [-0.25, -0.2) is 4.79 Å². The molecule has 0 aliphatic carbocycles. The van der Waals surface area contributed by atoms with Crippen molar-refractivity contribution in [3.8, 4) is 5.75 Å². The highest BCUT2D eigenvalue weighted by atomic mass is 16.6. The van der Waals surface area contributed by atoms with E-state index in [1.54, 1.807) is 24.3 Å². The Hall–Kier alpha value is -3.62. The zero-order valence-electron chi connectivity index (χ0n) is 16.5. The summed E-state index contributed by atoms with van der Waals surface area (Å²) in [6.45, 7) is 0.852. The number of esters is 1. The van der Waals surface area contributed by atoms with Crippen LogP contribution in [0.5, 0.6) is 5.75 Å². The van der Waals surface area contributed by atoms with Crippen LogP contribution in [0.4, 0.5) is 16.2 Å². The van der Waals surface area contributed by atoms with Crippen molar-refractivity contribution in [2.24, 2.45) is 0 Å². The minimum atomic E-state index is -0.507. The minimum absolute atomic E-state index is 0.00682. The maximum atomic E-state index is 12.5. The number of nitrogens with zero attached hydrogens (tertiary/aromatic N) is 2. The molecular formula is C21H22N2O7. The first-order chi connectivity index (χ1) is 14.5. The Morgan fingerprint density at radius 3 is 2.80 bits per heavy atom. The van der Waals surface area contributed by atoms with Gasteiger partial charge in [0.05, 0.1) is 24.3 Å². The molecule has 0 atom stereocenters. The van der Waals surface area contributed by atoms with Gasteiger partial charge in [0.2, 0.25) is 0 Å². The van der Waals surface area contributed by atoms with E-state index in [0.717, 1.165) is 11.1 Å². The molecule has 3 rings (SSSR count). The lowest BCUT2D eigenvalue weighted by molar-refractivity contribution is -0.384. The molecule has 2 aromatic carbocycles. The summed E-state index contributed by atoms with van der Waals surface area (Å²) >= 11 is 0. The molecule has 9 heteroatoms. The second-order valence-corrected chi connectivity index (χ2v) is 6.70. The number of non-ortho nitro benzene ring substituents is 1. The van der Waals surface area contributed by atoms with Crippen molar-refractivity contribution < 1.29 is 28.7 Å². The molecule has 1 amide bonds. The highest BCUT2D eigenvalue weighted by molar-refractivity contribution is 5.90. The van der Waals surface area contributed by atoms with Crippen LogP contribution in [0.15, 0.2) is 42.5 Å². The van der Waals surface area contributed by atoms with Crippen molar-refractivity contribution in [1.29, 1.82) is 0 Å². The van der Waals surface area contributed by atoms with E-state index in [-0.39, 0.29) is 24.7 Å². The normalized spacial score (nSPS) is 12.2. The van der Waals surface area contributed by atoms with Gasteiger partial charge < -0.3 is 14.2 Å². The smallest absolute Gasteiger partial charge is 0.414 e. The molecule has 0 fully saturated rings. The maximum Gasteiger partial charge on any atom is 0.414 e. The average Bonchev–Trinajstić information content (AvgIpc) is 3.18. The summed E-state index contributed by atoms with van der Waals surface area (Å²) in [5, 5.41) is 10.9. The predicted molar refractivity (Wildman–Crippen MR) is 108 cm³/mol. The number of rotatable bonds is 8. The summed E-state index contributed by atoms with van der Waals surface area (Å²) in [6.07, 6.45) is 0.861. The van der Waals surface area contributed by atoms with Gasteiger partial charge >= 0.3 is 12.1 Å². The van der Waals surface area contributed by atoms with Gasteiger partial charge in [0.1, 0.15) is 12.4 Å². The molecular weight excluding hydrogens is 392 g/mol. The van der Waals surface area contributed by atoms with Crippen LogP contribution in [0, 0.1) is 10.1 Å². The van der Waals surface area contributed by atoms with E-state index in [2.05, 4.69) is 4.74 Å². The minimum Gasteiger partial charge on any atom is -0.494 e. The van der Waals surface area contributed by atoms with Gasteiger partial charge in [-0.05, 0) is 42.2 Å². The van der Waals surface area contributed by atoms with E-state index >= 15 is 0 Å². The average molecular weight is 414 g/mol. The van der Waals surface area contributed by atoms with Crippen molar-refractivity contribution in [3.05, 3.63) is 63.7 Å². The number of anilines is 1. The Labute approximate surface area is 173 Å². The van der Waals surface area contributed by atoms with Gasteiger partial charge in [-0.1, -0.05) is 12.1 Å². The van der Waals surface area contributed by atoms with E-state index < -0.39 is 11.0 Å². The fraction of sp³-hybridized carbons (Fsp3) is 0.333. The number of nitro benzene ring substituents is 1. The monoisotopic (exact) mass is 414 g/mol. The Morgan fingerprint density at radius 1 is 1.20 bits per heavy atom. The van der Waals surface area contributed by atoms with Gasteiger partial charge in [-0.3, -0.25) is 19.8 Å². The summed E-state index contributed by atoms with van der Waals surface area (Å²) < 4.78 is 15.6. The second kappa shape index (κ2) is 9.73. The third-order valence-corrected chi connectivity index (χ3v) is 4.67. The fourth-order valence-electron chi connectivity index (χ4n) is 3.15. The molecule has 0 aromatic heterocycles. The van der Waals surface area contributed by atoms with Crippen molar-refractivity contribution in [3.63, 3.8) is 0 Å². The van der Waals surface area contributed by atoms with Gasteiger partial charge in [0, 0.05) is 25.1 Å². The molecule has 158 valence electrons. The van der Waals surface area contributed by atoms with Crippen LogP contribution in [0.25, 0.3) is 0 Å². The van der Waals surface area contributed by atoms with Crippen LogP contribution in [-0.2, 0) is 27.3 Å². The first kappa shape index (κ1) is 21.1. The Bertz CT molecular complexity index is 945. The molecule has 0 spiro atoms. The Kier molecular flexibility index (Phi) is 6.84. The number of carbonyl (C=O) groups is 2. The lowest BCUT2D eigenvalue weighted by Crippen LogP contribution is -2.29. The van der Waals surface area contributed by atoms with E-state index in [1.807, 2.05) is 6.07 Å². The van der Waals surface area contributed by atoms with Crippen LogP contribution < -0.4 is 9.64 Å². The van der Waals surface area contributed by atoms with E-state index in [4.69, 9.17) is 9.47 Å². The molecule has 1 heterocycles. The molecule has 0 unspecified atom stereocenters. The van der Waals surface area contributed by atoms with Crippen molar-refractivity contribution in [2.75, 3.05) is 25.2 Å². The third-order valence-electron chi connectivity index (χ3n) is 4.67. The topological polar surface area (TPSA) is 108 Å². The van der Waals surface area contributed by atoms with Crippen LogP contribution in [0.2, 0.25) is 0 Å². The summed E-state index contributed by atoms with van der Waals surface area (Å²) in [5.41, 5.74) is 2.15. The molecule has 30 heavy (non-hydrogen) atoms. The standard InChI is InChI=1S/C21H22N2O7/c1-28-20(24)6-3-11-29-18-5-2-4-15(12-18)14-30-21(25)22-10-9-16-13-17(23(26)27)7-8-19(16)22/h2,4-5,7-8,12-13H,3,6,9-11,14H2,1H3. The molecule has 2 aromatic rings. The number of benzene rings is 2. The highest BCUT2D eigenvalue weighted by Crippen LogP contribution is 2.31. The van der Waals surface area contributed by atoms with E-state index in [1.165, 1.54) is 24.1 Å².